The zero-order chi connectivity index (χ0) is 17.8. The Morgan fingerprint density at radius 3 is 2.72 bits per heavy atom. The van der Waals surface area contributed by atoms with Gasteiger partial charge in [0.15, 0.2) is 0 Å². The normalized spacial score (nSPS) is 34.2. The summed E-state index contributed by atoms with van der Waals surface area (Å²) in [6.07, 6.45) is 5.15. The standard InChI is InChI=1S/C19H30N4O2/c1-4-16-21-19(17(24)23(16)9-13-5-6-13)8-7-14-10-22(11-15(14)19)18(25)20-12(2)3/h12-15H,4-11H2,1-3H3,(H,20,25)/t14-,15+,19-/m1/s1. The van der Waals surface area contributed by atoms with Gasteiger partial charge in [0.25, 0.3) is 5.91 Å². The Morgan fingerprint density at radius 1 is 1.32 bits per heavy atom. The summed E-state index contributed by atoms with van der Waals surface area (Å²) in [4.78, 5) is 34.6. The lowest BCUT2D eigenvalue weighted by molar-refractivity contribution is -0.132. The molecule has 138 valence electrons. The molecule has 1 saturated heterocycles. The number of amidine groups is 1. The molecule has 2 aliphatic heterocycles. The summed E-state index contributed by atoms with van der Waals surface area (Å²) in [5.41, 5.74) is -0.586. The van der Waals surface area contributed by atoms with Crippen molar-refractivity contribution in [1.82, 2.24) is 15.1 Å². The maximum Gasteiger partial charge on any atom is 0.317 e. The highest BCUT2D eigenvalue weighted by atomic mass is 16.2. The van der Waals surface area contributed by atoms with Gasteiger partial charge in [-0.3, -0.25) is 14.7 Å². The summed E-state index contributed by atoms with van der Waals surface area (Å²) in [7, 11) is 0. The zero-order valence-electron chi connectivity index (χ0n) is 15.6. The molecular weight excluding hydrogens is 316 g/mol. The molecule has 0 aromatic heterocycles. The van der Waals surface area contributed by atoms with Crippen molar-refractivity contribution in [2.75, 3.05) is 19.6 Å². The molecule has 4 rings (SSSR count). The predicted molar refractivity (Wildman–Crippen MR) is 96.3 cm³/mol. The molecule has 2 saturated carbocycles. The highest BCUT2D eigenvalue weighted by molar-refractivity contribution is 6.08. The minimum absolute atomic E-state index is 0.000438. The molecule has 1 spiro atoms. The summed E-state index contributed by atoms with van der Waals surface area (Å²) in [5.74, 6) is 2.45. The number of rotatable bonds is 4. The van der Waals surface area contributed by atoms with E-state index in [0.717, 1.165) is 38.2 Å². The van der Waals surface area contributed by atoms with E-state index in [0.29, 0.717) is 18.4 Å². The second-order valence-electron chi connectivity index (χ2n) is 8.58. The number of nitrogens with one attached hydrogen (secondary N) is 1. The van der Waals surface area contributed by atoms with E-state index in [1.54, 1.807) is 0 Å². The Morgan fingerprint density at radius 2 is 2.08 bits per heavy atom. The fraction of sp³-hybridized carbons (Fsp3) is 0.842. The van der Waals surface area contributed by atoms with Gasteiger partial charge in [0.05, 0.1) is 0 Å². The van der Waals surface area contributed by atoms with E-state index >= 15 is 0 Å². The van der Waals surface area contributed by atoms with Crippen LogP contribution in [0, 0.1) is 17.8 Å². The number of carbonyl (C=O) groups is 2. The molecular formula is C19H30N4O2. The first kappa shape index (κ1) is 16.9. The van der Waals surface area contributed by atoms with E-state index in [2.05, 4.69) is 12.2 Å². The molecule has 0 radical (unpaired) electrons. The molecule has 3 amide bonds. The van der Waals surface area contributed by atoms with E-state index in [1.165, 1.54) is 12.8 Å². The quantitative estimate of drug-likeness (QED) is 0.848. The lowest BCUT2D eigenvalue weighted by Crippen LogP contribution is -2.48. The second kappa shape index (κ2) is 5.99. The van der Waals surface area contributed by atoms with E-state index < -0.39 is 5.54 Å². The van der Waals surface area contributed by atoms with Crippen LogP contribution in [0.1, 0.15) is 52.9 Å². The number of hydrogen-bond donors (Lipinski definition) is 1. The topological polar surface area (TPSA) is 65.0 Å². The van der Waals surface area contributed by atoms with Gasteiger partial charge in [0.2, 0.25) is 0 Å². The fourth-order valence-electron chi connectivity index (χ4n) is 4.91. The van der Waals surface area contributed by atoms with Crippen LogP contribution in [0.15, 0.2) is 4.99 Å². The molecule has 3 fully saturated rings. The highest BCUT2D eigenvalue weighted by Crippen LogP contribution is 2.51. The Hall–Kier alpha value is -1.59. The maximum atomic E-state index is 13.4. The van der Waals surface area contributed by atoms with E-state index in [9.17, 15) is 9.59 Å². The molecule has 0 bridgehead atoms. The fourth-order valence-corrected chi connectivity index (χ4v) is 4.91. The van der Waals surface area contributed by atoms with Crippen LogP contribution in [-0.2, 0) is 4.79 Å². The number of nitrogens with zero attached hydrogens (tertiary/aromatic N) is 3. The van der Waals surface area contributed by atoms with Gasteiger partial charge >= 0.3 is 6.03 Å². The first-order valence-corrected chi connectivity index (χ1v) is 9.90. The number of fused-ring (bicyclic) bond motifs is 2. The summed E-state index contributed by atoms with van der Waals surface area (Å²) in [6, 6.07) is 0.133. The molecule has 25 heavy (non-hydrogen) atoms. The number of urea groups is 1. The lowest BCUT2D eigenvalue weighted by atomic mass is 9.85. The Balaban J connectivity index is 1.53. The van der Waals surface area contributed by atoms with Crippen LogP contribution in [0.5, 0.6) is 0 Å². The van der Waals surface area contributed by atoms with Gasteiger partial charge < -0.3 is 10.2 Å². The number of amides is 3. The SMILES string of the molecule is CCC1=N[C@@]2(CC[C@@H]3CN(C(=O)NC(C)C)C[C@@H]32)C(=O)N1CC1CC1. The van der Waals surface area contributed by atoms with Crippen LogP contribution < -0.4 is 5.32 Å². The third kappa shape index (κ3) is 2.74. The molecule has 4 aliphatic rings. The molecule has 1 N–H and O–H groups in total. The monoisotopic (exact) mass is 346 g/mol. The van der Waals surface area contributed by atoms with Crippen molar-refractivity contribution in [2.45, 2.75) is 64.5 Å². The number of hydrogen-bond acceptors (Lipinski definition) is 3. The van der Waals surface area contributed by atoms with E-state index in [4.69, 9.17) is 4.99 Å². The zero-order valence-corrected chi connectivity index (χ0v) is 15.6. The molecule has 0 aromatic carbocycles. The molecule has 3 atom stereocenters. The summed E-state index contributed by atoms with van der Waals surface area (Å²) >= 11 is 0. The van der Waals surface area contributed by atoms with Gasteiger partial charge in [-0.15, -0.1) is 0 Å². The van der Waals surface area contributed by atoms with Gasteiger partial charge in [-0.2, -0.15) is 0 Å². The van der Waals surface area contributed by atoms with Crippen molar-refractivity contribution in [1.29, 1.82) is 0 Å². The van der Waals surface area contributed by atoms with Gasteiger partial charge in [-0.05, 0) is 51.4 Å². The Kier molecular flexibility index (Phi) is 4.04. The molecule has 6 nitrogen and oxygen atoms in total. The van der Waals surface area contributed by atoms with Gasteiger partial charge in [-0.1, -0.05) is 6.92 Å². The van der Waals surface area contributed by atoms with Crippen LogP contribution in [0.3, 0.4) is 0 Å². The van der Waals surface area contributed by atoms with Crippen molar-refractivity contribution in [3.8, 4) is 0 Å². The summed E-state index contributed by atoms with van der Waals surface area (Å²) in [6.45, 7) is 8.32. The molecule has 2 heterocycles. The van der Waals surface area contributed by atoms with Gasteiger partial charge in [-0.25, -0.2) is 4.79 Å². The van der Waals surface area contributed by atoms with Crippen LogP contribution in [0.2, 0.25) is 0 Å². The number of carbonyl (C=O) groups excluding carboxylic acids is 2. The predicted octanol–water partition coefficient (Wildman–Crippen LogP) is 2.25. The van der Waals surface area contributed by atoms with Crippen LogP contribution in [0.4, 0.5) is 4.79 Å². The number of aliphatic imine (C=N–C) groups is 1. The molecule has 6 heteroatoms. The van der Waals surface area contributed by atoms with Crippen LogP contribution in [0.25, 0.3) is 0 Å². The van der Waals surface area contributed by atoms with Crippen molar-refractivity contribution < 1.29 is 9.59 Å². The molecule has 0 aromatic rings. The number of likely N-dealkylation sites (tertiary alicyclic amines) is 1. The van der Waals surface area contributed by atoms with Crippen molar-refractivity contribution in [2.24, 2.45) is 22.7 Å². The second-order valence-corrected chi connectivity index (χ2v) is 8.58. The van der Waals surface area contributed by atoms with Crippen LogP contribution in [-0.4, -0.2) is 58.8 Å². The molecule has 0 unspecified atom stereocenters. The van der Waals surface area contributed by atoms with E-state index in [1.807, 2.05) is 23.6 Å². The van der Waals surface area contributed by atoms with Crippen molar-refractivity contribution in [3.63, 3.8) is 0 Å². The maximum absolute atomic E-state index is 13.4. The lowest BCUT2D eigenvalue weighted by Gasteiger charge is -2.28. The smallest absolute Gasteiger partial charge is 0.317 e. The first-order chi connectivity index (χ1) is 11.9. The third-order valence-electron chi connectivity index (χ3n) is 6.36. The van der Waals surface area contributed by atoms with Crippen molar-refractivity contribution in [3.05, 3.63) is 0 Å². The van der Waals surface area contributed by atoms with Crippen molar-refractivity contribution >= 4 is 17.8 Å². The minimum Gasteiger partial charge on any atom is -0.336 e. The Bertz CT molecular complexity index is 613. The highest BCUT2D eigenvalue weighted by Gasteiger charge is 2.61. The van der Waals surface area contributed by atoms with Crippen LogP contribution >= 0.6 is 0 Å². The van der Waals surface area contributed by atoms with Gasteiger partial charge in [0, 0.05) is 38.0 Å². The summed E-state index contributed by atoms with van der Waals surface area (Å²) in [5, 5.41) is 2.98. The minimum atomic E-state index is -0.586. The third-order valence-corrected chi connectivity index (χ3v) is 6.36. The Labute approximate surface area is 150 Å². The average Bonchev–Trinajstić information content (AvgIpc) is 3.07. The average molecular weight is 346 g/mol. The van der Waals surface area contributed by atoms with E-state index in [-0.39, 0.29) is 23.9 Å². The van der Waals surface area contributed by atoms with Gasteiger partial charge in [0.1, 0.15) is 11.4 Å². The largest absolute Gasteiger partial charge is 0.336 e. The molecule has 2 aliphatic carbocycles. The summed E-state index contributed by atoms with van der Waals surface area (Å²) < 4.78 is 0. The first-order valence-electron chi connectivity index (χ1n) is 9.90.